The van der Waals surface area contributed by atoms with Crippen molar-refractivity contribution in [2.75, 3.05) is 12.0 Å². The Kier molecular flexibility index (Phi) is 4.82. The van der Waals surface area contributed by atoms with Gasteiger partial charge in [-0.1, -0.05) is 11.6 Å². The summed E-state index contributed by atoms with van der Waals surface area (Å²) in [5, 5.41) is 0.738. The Hall–Kier alpha value is -0.380. The second-order valence-corrected chi connectivity index (χ2v) is 5.98. The van der Waals surface area contributed by atoms with E-state index in [-0.39, 0.29) is 0 Å². The Morgan fingerprint density at radius 1 is 1.44 bits per heavy atom. The fourth-order valence-corrected chi connectivity index (χ4v) is 3.05. The number of thioether (sulfide) groups is 1. The second-order valence-electron chi connectivity index (χ2n) is 4.30. The highest BCUT2D eigenvalue weighted by Crippen LogP contribution is 2.27. The molecule has 1 atom stereocenters. The third-order valence-corrected chi connectivity index (χ3v) is 4.14. The first kappa shape index (κ1) is 14.0. The molecule has 1 aromatic carbocycles. The first-order valence-corrected chi connectivity index (χ1v) is 8.19. The average molecular weight is 303 g/mol. The van der Waals surface area contributed by atoms with Gasteiger partial charge in [0.15, 0.2) is 0 Å². The highest BCUT2D eigenvalue weighted by molar-refractivity contribution is 7.98. The monoisotopic (exact) mass is 302 g/mol. The molecule has 0 aliphatic rings. The largest absolute Gasteiger partial charge is 0.324 e. The molecule has 2 nitrogen and oxygen atoms in total. The zero-order valence-corrected chi connectivity index (χ0v) is 12.8. The molecule has 5 heteroatoms. The van der Waals surface area contributed by atoms with Gasteiger partial charge >= 0.3 is 0 Å². The average Bonchev–Trinajstić information content (AvgIpc) is 2.73. The molecule has 1 unspecified atom stereocenters. The molecule has 0 aliphatic carbocycles. The summed E-state index contributed by atoms with van der Waals surface area (Å²) in [7, 11) is 0. The Balaban J connectivity index is 2.48. The van der Waals surface area contributed by atoms with Crippen molar-refractivity contribution in [1.29, 1.82) is 0 Å². The Morgan fingerprint density at radius 3 is 2.89 bits per heavy atom. The highest BCUT2D eigenvalue weighted by Gasteiger charge is 2.15. The summed E-state index contributed by atoms with van der Waals surface area (Å²) in [6, 6.07) is 6.17. The fourth-order valence-electron chi connectivity index (χ4n) is 2.12. The van der Waals surface area contributed by atoms with E-state index < -0.39 is 0 Å². The van der Waals surface area contributed by atoms with Crippen LogP contribution >= 0.6 is 35.0 Å². The van der Waals surface area contributed by atoms with Crippen molar-refractivity contribution >= 4 is 46.0 Å². The lowest BCUT2D eigenvalue weighted by Gasteiger charge is -2.16. The first-order valence-electron chi connectivity index (χ1n) is 5.88. The number of nitrogens with zero attached hydrogens (tertiary/aromatic N) is 2. The summed E-state index contributed by atoms with van der Waals surface area (Å²) in [5.74, 6) is 2.47. The normalized spacial score (nSPS) is 13.1. The van der Waals surface area contributed by atoms with Gasteiger partial charge in [0.2, 0.25) is 0 Å². The molecule has 0 fully saturated rings. The van der Waals surface area contributed by atoms with Crippen molar-refractivity contribution < 1.29 is 0 Å². The topological polar surface area (TPSA) is 17.8 Å². The van der Waals surface area contributed by atoms with Crippen molar-refractivity contribution in [2.45, 2.75) is 25.3 Å². The number of rotatable bonds is 5. The number of imidazole rings is 1. The molecule has 1 aromatic heterocycles. The molecule has 1 heterocycles. The summed E-state index contributed by atoms with van der Waals surface area (Å²) < 4.78 is 2.21. The molecule has 18 heavy (non-hydrogen) atoms. The molecule has 2 aromatic rings. The number of alkyl halides is 1. The number of fused-ring (bicyclic) bond motifs is 1. The van der Waals surface area contributed by atoms with Gasteiger partial charge < -0.3 is 4.57 Å². The van der Waals surface area contributed by atoms with Crippen LogP contribution in [0.3, 0.4) is 0 Å². The van der Waals surface area contributed by atoms with Gasteiger partial charge in [0.1, 0.15) is 5.82 Å². The van der Waals surface area contributed by atoms with E-state index >= 15 is 0 Å². The summed E-state index contributed by atoms with van der Waals surface area (Å²) >= 11 is 13.9. The van der Waals surface area contributed by atoms with Gasteiger partial charge in [0.05, 0.1) is 16.9 Å². The van der Waals surface area contributed by atoms with Crippen molar-refractivity contribution in [1.82, 2.24) is 9.55 Å². The molecule has 0 N–H and O–H groups in total. The van der Waals surface area contributed by atoms with Gasteiger partial charge in [-0.25, -0.2) is 4.98 Å². The molecular formula is C13H16Cl2N2S. The quantitative estimate of drug-likeness (QED) is 0.742. The predicted octanol–water partition coefficient (Wildman–Crippen LogP) is 4.74. The van der Waals surface area contributed by atoms with Gasteiger partial charge in [-0.3, -0.25) is 0 Å². The summed E-state index contributed by atoms with van der Waals surface area (Å²) in [4.78, 5) is 4.57. The van der Waals surface area contributed by atoms with Crippen LogP contribution in [-0.2, 0) is 5.88 Å². The van der Waals surface area contributed by atoms with Crippen molar-refractivity contribution in [3.05, 3.63) is 29.0 Å². The highest BCUT2D eigenvalue weighted by atomic mass is 35.5. The van der Waals surface area contributed by atoms with Crippen molar-refractivity contribution in [2.24, 2.45) is 0 Å². The molecule has 98 valence electrons. The van der Waals surface area contributed by atoms with Gasteiger partial charge in [0.25, 0.3) is 0 Å². The van der Waals surface area contributed by atoms with Crippen LogP contribution in [0.2, 0.25) is 5.02 Å². The molecule has 0 saturated carbocycles. The lowest BCUT2D eigenvalue weighted by atomic mass is 10.2. The van der Waals surface area contributed by atoms with E-state index in [2.05, 4.69) is 22.7 Å². The van der Waals surface area contributed by atoms with Crippen LogP contribution in [-0.4, -0.2) is 21.6 Å². The van der Waals surface area contributed by atoms with Crippen LogP contribution in [0.4, 0.5) is 0 Å². The van der Waals surface area contributed by atoms with Crippen LogP contribution in [0.5, 0.6) is 0 Å². The fraction of sp³-hybridized carbons (Fsp3) is 0.462. The number of hydrogen-bond donors (Lipinski definition) is 0. The van der Waals surface area contributed by atoms with Crippen LogP contribution in [0.1, 0.15) is 25.2 Å². The standard InChI is InChI=1S/C13H16Cl2N2S/c1-9(5-6-18-2)17-12-7-10(15)3-4-11(12)16-13(17)8-14/h3-4,7,9H,5-6,8H2,1-2H3. The number of hydrogen-bond acceptors (Lipinski definition) is 2. The van der Waals surface area contributed by atoms with E-state index in [9.17, 15) is 0 Å². The molecule has 2 rings (SSSR count). The van der Waals surface area contributed by atoms with Crippen LogP contribution in [0.25, 0.3) is 11.0 Å². The zero-order valence-electron chi connectivity index (χ0n) is 10.5. The van der Waals surface area contributed by atoms with E-state index in [1.807, 2.05) is 30.0 Å². The van der Waals surface area contributed by atoms with Gasteiger partial charge in [0, 0.05) is 11.1 Å². The summed E-state index contributed by atoms with van der Waals surface area (Å²) in [6.45, 7) is 2.20. The number of benzene rings is 1. The minimum absolute atomic E-state index is 0.384. The van der Waals surface area contributed by atoms with Gasteiger partial charge in [-0.05, 0) is 43.6 Å². The lowest BCUT2D eigenvalue weighted by molar-refractivity contribution is 0.534. The van der Waals surface area contributed by atoms with E-state index in [0.29, 0.717) is 11.9 Å². The zero-order chi connectivity index (χ0) is 13.1. The van der Waals surface area contributed by atoms with E-state index in [4.69, 9.17) is 23.2 Å². The Labute approximate surface area is 122 Å². The van der Waals surface area contributed by atoms with Gasteiger partial charge in [-0.15, -0.1) is 11.6 Å². The Bertz CT molecular complexity index is 539. The van der Waals surface area contributed by atoms with Crippen LogP contribution < -0.4 is 0 Å². The molecule has 0 bridgehead atoms. The third-order valence-electron chi connectivity index (χ3n) is 3.02. The molecule has 0 aliphatic heterocycles. The molecule has 0 saturated heterocycles. The minimum atomic E-state index is 0.384. The lowest BCUT2D eigenvalue weighted by Crippen LogP contribution is -2.09. The van der Waals surface area contributed by atoms with Gasteiger partial charge in [-0.2, -0.15) is 11.8 Å². The van der Waals surface area contributed by atoms with E-state index in [1.54, 1.807) is 0 Å². The van der Waals surface area contributed by atoms with Crippen molar-refractivity contribution in [3.8, 4) is 0 Å². The van der Waals surface area contributed by atoms with Crippen LogP contribution in [0.15, 0.2) is 18.2 Å². The minimum Gasteiger partial charge on any atom is -0.324 e. The molecule has 0 spiro atoms. The number of halogens is 2. The second kappa shape index (κ2) is 6.18. The number of aromatic nitrogens is 2. The summed E-state index contributed by atoms with van der Waals surface area (Å²) in [6.07, 6.45) is 3.22. The smallest absolute Gasteiger partial charge is 0.125 e. The maximum atomic E-state index is 6.07. The molecular weight excluding hydrogens is 287 g/mol. The molecule has 0 radical (unpaired) electrons. The van der Waals surface area contributed by atoms with E-state index in [0.717, 1.165) is 34.1 Å². The molecule has 0 amide bonds. The van der Waals surface area contributed by atoms with E-state index in [1.165, 1.54) is 0 Å². The summed E-state index contributed by atoms with van der Waals surface area (Å²) in [5.41, 5.74) is 2.04. The third kappa shape index (κ3) is 2.79. The Morgan fingerprint density at radius 2 is 2.22 bits per heavy atom. The maximum absolute atomic E-state index is 6.07. The maximum Gasteiger partial charge on any atom is 0.125 e. The van der Waals surface area contributed by atoms with Crippen LogP contribution in [0, 0.1) is 0 Å². The first-order chi connectivity index (χ1) is 8.67. The SMILES string of the molecule is CSCCC(C)n1c(CCl)nc2ccc(Cl)cc21. The van der Waals surface area contributed by atoms with Crippen molar-refractivity contribution in [3.63, 3.8) is 0 Å². The predicted molar refractivity (Wildman–Crippen MR) is 82.0 cm³/mol.